The van der Waals surface area contributed by atoms with Crippen LogP contribution in [0.25, 0.3) is 40.3 Å². The van der Waals surface area contributed by atoms with Gasteiger partial charge in [-0.15, -0.1) is 22.7 Å². The van der Waals surface area contributed by atoms with Gasteiger partial charge < -0.3 is 28.7 Å². The highest BCUT2D eigenvalue weighted by atomic mass is 32.1. The number of carbonyl (C=O) groups is 4. The normalized spacial score (nSPS) is 11.2. The summed E-state index contributed by atoms with van der Waals surface area (Å²) >= 11 is 3.06. The molecule has 0 aliphatic rings. The molecule has 0 radical (unpaired) electrons. The first-order valence-corrected chi connectivity index (χ1v) is 23.8. The molecule has 0 bridgehead atoms. The average molecular weight is 909 g/mol. The van der Waals surface area contributed by atoms with Crippen molar-refractivity contribution in [1.29, 1.82) is 0 Å². The van der Waals surface area contributed by atoms with Crippen molar-refractivity contribution in [2.75, 3.05) is 52.6 Å². The molecule has 0 saturated heterocycles. The topological polar surface area (TPSA) is 146 Å². The Labute approximate surface area is 380 Å². The van der Waals surface area contributed by atoms with Gasteiger partial charge in [0.2, 0.25) is 0 Å². The SMILES string of the molecule is CCCCN(CCC(=O)OCCCCCCOC(=O)CCN(CCCC)C(=O)COc1ccc2sc3ccccc3c(=O)c2c1)C(=O)COc1ccc2sc3ccccc3c(=O)c2c1. The molecule has 0 atom stereocenters. The number of unbranched alkanes of at least 4 members (excludes halogenated alkanes) is 5. The summed E-state index contributed by atoms with van der Waals surface area (Å²) in [6.07, 6.45) is 6.35. The van der Waals surface area contributed by atoms with Crippen LogP contribution in [0, 0.1) is 0 Å². The molecule has 6 aromatic rings. The van der Waals surface area contributed by atoms with Crippen molar-refractivity contribution in [2.24, 2.45) is 0 Å². The van der Waals surface area contributed by atoms with E-state index in [-0.39, 0.29) is 87.0 Å². The van der Waals surface area contributed by atoms with Gasteiger partial charge in [0.15, 0.2) is 24.1 Å². The molecule has 6 rings (SSSR count). The Kier molecular flexibility index (Phi) is 18.1. The molecule has 0 N–H and O–H groups in total. The fraction of sp³-hybridized carbons (Fsp3) is 0.400. The van der Waals surface area contributed by atoms with Crippen LogP contribution >= 0.6 is 22.7 Å². The van der Waals surface area contributed by atoms with Gasteiger partial charge in [-0.2, -0.15) is 0 Å². The van der Waals surface area contributed by atoms with Crippen LogP contribution in [0.15, 0.2) is 94.5 Å². The molecule has 0 spiro atoms. The van der Waals surface area contributed by atoms with Crippen LogP contribution in [0.5, 0.6) is 11.5 Å². The summed E-state index contributed by atoms with van der Waals surface area (Å²) < 4.78 is 26.1. The van der Waals surface area contributed by atoms with Crippen LogP contribution < -0.4 is 20.3 Å². The summed E-state index contributed by atoms with van der Waals surface area (Å²) in [6, 6.07) is 25.5. The Balaban J connectivity index is 0.838. The van der Waals surface area contributed by atoms with Gasteiger partial charge in [0.25, 0.3) is 11.8 Å². The Morgan fingerprint density at radius 1 is 0.484 bits per heavy atom. The smallest absolute Gasteiger partial charge is 0.307 e. The number of nitrogens with zero attached hydrogens (tertiary/aromatic N) is 2. The molecule has 0 unspecified atom stereocenters. The minimum Gasteiger partial charge on any atom is -0.484 e. The largest absolute Gasteiger partial charge is 0.484 e. The number of amides is 2. The van der Waals surface area contributed by atoms with Gasteiger partial charge in [0.1, 0.15) is 11.5 Å². The van der Waals surface area contributed by atoms with Crippen LogP contribution in [0.1, 0.15) is 78.1 Å². The first-order valence-electron chi connectivity index (χ1n) is 22.2. The lowest BCUT2D eigenvalue weighted by Gasteiger charge is -2.22. The van der Waals surface area contributed by atoms with Gasteiger partial charge in [-0.3, -0.25) is 28.8 Å². The average Bonchev–Trinajstić information content (AvgIpc) is 3.31. The number of carbonyl (C=O) groups excluding carboxylic acids is 4. The zero-order chi connectivity index (χ0) is 45.3. The second-order valence-corrected chi connectivity index (χ2v) is 17.7. The van der Waals surface area contributed by atoms with E-state index in [2.05, 4.69) is 0 Å². The second-order valence-electron chi connectivity index (χ2n) is 15.6. The number of hydrogen-bond acceptors (Lipinski definition) is 12. The zero-order valence-corrected chi connectivity index (χ0v) is 38.2. The first kappa shape index (κ1) is 47.6. The van der Waals surface area contributed by atoms with E-state index in [0.717, 1.165) is 57.3 Å². The van der Waals surface area contributed by atoms with Crippen molar-refractivity contribution >= 4 is 86.8 Å². The molecule has 0 aliphatic carbocycles. The van der Waals surface area contributed by atoms with Crippen LogP contribution in [-0.2, 0) is 28.7 Å². The third-order valence-electron chi connectivity index (χ3n) is 10.8. The molecule has 12 nitrogen and oxygen atoms in total. The maximum Gasteiger partial charge on any atom is 0.307 e. The predicted molar refractivity (Wildman–Crippen MR) is 255 cm³/mol. The summed E-state index contributed by atoms with van der Waals surface area (Å²) in [5.41, 5.74) is -0.145. The van der Waals surface area contributed by atoms with Crippen LogP contribution in [-0.4, -0.2) is 86.2 Å². The summed E-state index contributed by atoms with van der Waals surface area (Å²) in [7, 11) is 0. The number of rotatable bonds is 25. The van der Waals surface area contributed by atoms with Crippen molar-refractivity contribution in [1.82, 2.24) is 9.80 Å². The molecule has 0 saturated carbocycles. The van der Waals surface area contributed by atoms with Gasteiger partial charge >= 0.3 is 11.9 Å². The molecule has 0 fully saturated rings. The van der Waals surface area contributed by atoms with Gasteiger partial charge in [-0.25, -0.2) is 0 Å². The maximum atomic E-state index is 13.2. The molecular weight excluding hydrogens is 853 g/mol. The highest BCUT2D eigenvalue weighted by molar-refractivity contribution is 7.24. The Bertz CT molecular complexity index is 2490. The van der Waals surface area contributed by atoms with E-state index in [4.69, 9.17) is 18.9 Å². The molecule has 2 heterocycles. The number of fused-ring (bicyclic) bond motifs is 4. The highest BCUT2D eigenvalue weighted by Gasteiger charge is 2.19. The van der Waals surface area contributed by atoms with Crippen LogP contribution in [0.4, 0.5) is 0 Å². The van der Waals surface area contributed by atoms with Crippen molar-refractivity contribution in [3.05, 3.63) is 105 Å². The van der Waals surface area contributed by atoms with Crippen molar-refractivity contribution in [3.63, 3.8) is 0 Å². The van der Waals surface area contributed by atoms with E-state index in [1.165, 1.54) is 22.7 Å². The molecule has 14 heteroatoms. The van der Waals surface area contributed by atoms with Crippen molar-refractivity contribution in [2.45, 2.75) is 78.1 Å². The quantitative estimate of drug-likeness (QED) is 0.0310. The monoisotopic (exact) mass is 908 g/mol. The molecule has 2 amide bonds. The molecule has 64 heavy (non-hydrogen) atoms. The highest BCUT2D eigenvalue weighted by Crippen LogP contribution is 2.29. The Hall–Kier alpha value is -5.86. The lowest BCUT2D eigenvalue weighted by molar-refractivity contribution is -0.146. The fourth-order valence-electron chi connectivity index (χ4n) is 7.16. The summed E-state index contributed by atoms with van der Waals surface area (Å²) in [5, 5.41) is 2.40. The van der Waals surface area contributed by atoms with Crippen molar-refractivity contribution < 1.29 is 38.1 Å². The van der Waals surface area contributed by atoms with Crippen LogP contribution in [0.2, 0.25) is 0 Å². The molecule has 4 aromatic carbocycles. The lowest BCUT2D eigenvalue weighted by atomic mass is 10.2. The fourth-order valence-corrected chi connectivity index (χ4v) is 9.27. The third-order valence-corrected chi connectivity index (χ3v) is 13.1. The number of ether oxygens (including phenoxy) is 4. The van der Waals surface area contributed by atoms with E-state index < -0.39 is 0 Å². The minimum absolute atomic E-state index is 0.0653. The summed E-state index contributed by atoms with van der Waals surface area (Å²) in [5.74, 6) is -0.382. The third kappa shape index (κ3) is 13.3. The minimum atomic E-state index is -0.381. The van der Waals surface area contributed by atoms with Gasteiger partial charge in [0.05, 0.1) is 26.1 Å². The van der Waals surface area contributed by atoms with E-state index >= 15 is 0 Å². The Morgan fingerprint density at radius 2 is 0.891 bits per heavy atom. The summed E-state index contributed by atoms with van der Waals surface area (Å²) in [6.45, 7) is 5.58. The Morgan fingerprint density at radius 3 is 1.31 bits per heavy atom. The molecule has 0 aliphatic heterocycles. The molecule has 2 aromatic heterocycles. The summed E-state index contributed by atoms with van der Waals surface area (Å²) in [4.78, 5) is 80.9. The van der Waals surface area contributed by atoms with Crippen molar-refractivity contribution in [3.8, 4) is 11.5 Å². The molecule has 338 valence electrons. The van der Waals surface area contributed by atoms with E-state index in [9.17, 15) is 28.8 Å². The first-order chi connectivity index (χ1) is 31.1. The number of benzene rings is 4. The second kappa shape index (κ2) is 24.3. The van der Waals surface area contributed by atoms with Gasteiger partial charge in [-0.05, 0) is 99.2 Å². The number of esters is 2. The zero-order valence-electron chi connectivity index (χ0n) is 36.6. The van der Waals surface area contributed by atoms with Crippen LogP contribution in [0.3, 0.4) is 0 Å². The maximum absolute atomic E-state index is 13.2. The van der Waals surface area contributed by atoms with Gasteiger partial charge in [-0.1, -0.05) is 51.0 Å². The van der Waals surface area contributed by atoms with Gasteiger partial charge in [0, 0.05) is 66.5 Å². The van der Waals surface area contributed by atoms with E-state index in [1.54, 1.807) is 34.1 Å². The molecular formula is C50H56N2O10S2. The standard InChI is InChI=1S/C50H56N2O10S2/c1-3-5-25-51(45(53)33-61-35-19-21-43-39(31-35)49(57)37-15-9-11-17-41(37)63-43)27-23-47(55)59-29-13-7-8-14-30-60-48(56)24-28-52(26-6-4-2)46(54)34-62-36-20-22-44-40(32-36)50(58)38-16-10-12-18-42(38)64-44/h9-12,15-22,31-32H,3-8,13-14,23-30,33-34H2,1-2H3. The number of hydrogen-bond donors (Lipinski definition) is 0. The lowest BCUT2D eigenvalue weighted by Crippen LogP contribution is -2.37. The van der Waals surface area contributed by atoms with E-state index in [0.29, 0.717) is 59.0 Å². The van der Waals surface area contributed by atoms with E-state index in [1.807, 2.05) is 74.5 Å². The predicted octanol–water partition coefficient (Wildman–Crippen LogP) is 9.29.